The average molecular weight is 276 g/mol. The van der Waals surface area contributed by atoms with E-state index in [0.717, 1.165) is 38.5 Å². The second-order valence-electron chi connectivity index (χ2n) is 5.69. The zero-order valence-corrected chi connectivity index (χ0v) is 13.1. The van der Waals surface area contributed by atoms with Gasteiger partial charge in [0.2, 0.25) is 0 Å². The molecule has 2 heterocycles. The molecular formula is C16H28N4. The van der Waals surface area contributed by atoms with Gasteiger partial charge in [0, 0.05) is 38.4 Å². The Morgan fingerprint density at radius 3 is 2.80 bits per heavy atom. The standard InChI is InChI=1S/C16H28N4/c1-4-8-17-11-14-6-7-16(18-12-14)20-10-9-19(3)15(5-2)13-20/h6-7,12,15,17H,4-5,8-11,13H2,1-3H3. The molecule has 1 saturated heterocycles. The number of hydrogen-bond donors (Lipinski definition) is 1. The highest BCUT2D eigenvalue weighted by Crippen LogP contribution is 2.17. The predicted octanol–water partition coefficient (Wildman–Crippen LogP) is 2.11. The first-order valence-corrected chi connectivity index (χ1v) is 7.85. The molecule has 1 N–H and O–H groups in total. The number of aromatic nitrogens is 1. The smallest absolute Gasteiger partial charge is 0.128 e. The van der Waals surface area contributed by atoms with Crippen LogP contribution in [0.25, 0.3) is 0 Å². The minimum absolute atomic E-state index is 0.649. The number of nitrogens with zero attached hydrogens (tertiary/aromatic N) is 3. The third-order valence-corrected chi connectivity index (χ3v) is 4.14. The molecule has 1 aliphatic rings. The largest absolute Gasteiger partial charge is 0.354 e. The summed E-state index contributed by atoms with van der Waals surface area (Å²) in [6, 6.07) is 5.02. The fraction of sp³-hybridized carbons (Fsp3) is 0.688. The first kappa shape index (κ1) is 15.3. The molecular weight excluding hydrogens is 248 g/mol. The topological polar surface area (TPSA) is 31.4 Å². The zero-order valence-electron chi connectivity index (χ0n) is 13.1. The van der Waals surface area contributed by atoms with Crippen LogP contribution in [-0.4, -0.2) is 49.2 Å². The van der Waals surface area contributed by atoms with Gasteiger partial charge in [0.15, 0.2) is 0 Å². The SMILES string of the molecule is CCCNCc1ccc(N2CCN(C)C(CC)C2)nc1. The van der Waals surface area contributed by atoms with Gasteiger partial charge >= 0.3 is 0 Å². The highest BCUT2D eigenvalue weighted by Gasteiger charge is 2.23. The van der Waals surface area contributed by atoms with Gasteiger partial charge in [-0.3, -0.25) is 4.90 Å². The molecule has 1 fully saturated rings. The van der Waals surface area contributed by atoms with Gasteiger partial charge < -0.3 is 10.2 Å². The number of rotatable bonds is 6. The van der Waals surface area contributed by atoms with Crippen molar-refractivity contribution in [3.05, 3.63) is 23.9 Å². The van der Waals surface area contributed by atoms with E-state index in [4.69, 9.17) is 0 Å². The van der Waals surface area contributed by atoms with Crippen LogP contribution in [0, 0.1) is 0 Å². The van der Waals surface area contributed by atoms with E-state index in [-0.39, 0.29) is 0 Å². The van der Waals surface area contributed by atoms with Gasteiger partial charge in [0.1, 0.15) is 5.82 Å². The molecule has 2 rings (SSSR count). The van der Waals surface area contributed by atoms with Crippen molar-refractivity contribution >= 4 is 5.82 Å². The molecule has 1 aliphatic heterocycles. The summed E-state index contributed by atoms with van der Waals surface area (Å²) in [5.41, 5.74) is 1.27. The minimum Gasteiger partial charge on any atom is -0.354 e. The maximum absolute atomic E-state index is 4.64. The average Bonchev–Trinajstić information content (AvgIpc) is 2.49. The number of pyridine rings is 1. The van der Waals surface area contributed by atoms with Crippen LogP contribution in [0.15, 0.2) is 18.3 Å². The maximum atomic E-state index is 4.64. The van der Waals surface area contributed by atoms with Crippen molar-refractivity contribution < 1.29 is 0 Å². The summed E-state index contributed by atoms with van der Waals surface area (Å²) in [4.78, 5) is 9.51. The van der Waals surface area contributed by atoms with Crippen LogP contribution in [0.4, 0.5) is 5.82 Å². The van der Waals surface area contributed by atoms with Crippen LogP contribution in [0.2, 0.25) is 0 Å². The van der Waals surface area contributed by atoms with Crippen LogP contribution in [0.5, 0.6) is 0 Å². The van der Waals surface area contributed by atoms with Gasteiger partial charge in [0.25, 0.3) is 0 Å². The van der Waals surface area contributed by atoms with Crippen LogP contribution in [0.3, 0.4) is 0 Å². The molecule has 4 nitrogen and oxygen atoms in total. The minimum atomic E-state index is 0.649. The number of nitrogens with one attached hydrogen (secondary N) is 1. The van der Waals surface area contributed by atoms with E-state index in [2.05, 4.69) is 53.1 Å². The van der Waals surface area contributed by atoms with E-state index < -0.39 is 0 Å². The molecule has 0 saturated carbocycles. The Labute approximate surface area is 123 Å². The van der Waals surface area contributed by atoms with Gasteiger partial charge in [-0.2, -0.15) is 0 Å². The van der Waals surface area contributed by atoms with Gasteiger partial charge in [0.05, 0.1) is 0 Å². The molecule has 1 unspecified atom stereocenters. The summed E-state index contributed by atoms with van der Waals surface area (Å²) in [6.07, 6.45) is 4.38. The second-order valence-corrected chi connectivity index (χ2v) is 5.69. The van der Waals surface area contributed by atoms with E-state index in [1.165, 1.54) is 18.4 Å². The van der Waals surface area contributed by atoms with Crippen molar-refractivity contribution in [3.8, 4) is 0 Å². The lowest BCUT2D eigenvalue weighted by Gasteiger charge is -2.39. The van der Waals surface area contributed by atoms with Crippen molar-refractivity contribution in [2.45, 2.75) is 39.3 Å². The van der Waals surface area contributed by atoms with Crippen molar-refractivity contribution in [2.75, 3.05) is 38.1 Å². The quantitative estimate of drug-likeness (QED) is 0.806. The normalized spacial score (nSPS) is 20.4. The van der Waals surface area contributed by atoms with Crippen molar-refractivity contribution in [1.29, 1.82) is 0 Å². The van der Waals surface area contributed by atoms with E-state index in [1.807, 2.05) is 6.20 Å². The van der Waals surface area contributed by atoms with Crippen molar-refractivity contribution in [1.82, 2.24) is 15.2 Å². The first-order valence-electron chi connectivity index (χ1n) is 7.85. The Kier molecular flexibility index (Phi) is 5.80. The summed E-state index contributed by atoms with van der Waals surface area (Å²) in [6.45, 7) is 9.73. The molecule has 1 atom stereocenters. The van der Waals surface area contributed by atoms with Crippen molar-refractivity contribution in [2.24, 2.45) is 0 Å². The lowest BCUT2D eigenvalue weighted by molar-refractivity contribution is 0.213. The van der Waals surface area contributed by atoms with Gasteiger partial charge in [-0.15, -0.1) is 0 Å². The Morgan fingerprint density at radius 1 is 1.30 bits per heavy atom. The Balaban J connectivity index is 1.92. The van der Waals surface area contributed by atoms with Crippen molar-refractivity contribution in [3.63, 3.8) is 0 Å². The van der Waals surface area contributed by atoms with Crippen LogP contribution < -0.4 is 10.2 Å². The van der Waals surface area contributed by atoms with Gasteiger partial charge in [-0.05, 0) is 38.1 Å². The van der Waals surface area contributed by atoms with Crippen LogP contribution in [-0.2, 0) is 6.54 Å². The van der Waals surface area contributed by atoms with Crippen LogP contribution in [0.1, 0.15) is 32.3 Å². The van der Waals surface area contributed by atoms with E-state index in [1.54, 1.807) is 0 Å². The summed E-state index contributed by atoms with van der Waals surface area (Å²) in [7, 11) is 2.22. The fourth-order valence-corrected chi connectivity index (χ4v) is 2.71. The lowest BCUT2D eigenvalue weighted by Crippen LogP contribution is -2.51. The summed E-state index contributed by atoms with van der Waals surface area (Å²) in [5, 5.41) is 3.41. The van der Waals surface area contributed by atoms with E-state index in [0.29, 0.717) is 6.04 Å². The molecule has 0 aliphatic carbocycles. The number of piperazine rings is 1. The number of anilines is 1. The summed E-state index contributed by atoms with van der Waals surface area (Å²) in [5.74, 6) is 1.12. The Hall–Kier alpha value is -1.13. The second kappa shape index (κ2) is 7.60. The first-order chi connectivity index (χ1) is 9.74. The monoisotopic (exact) mass is 276 g/mol. The zero-order chi connectivity index (χ0) is 14.4. The fourth-order valence-electron chi connectivity index (χ4n) is 2.71. The molecule has 0 bridgehead atoms. The Bertz CT molecular complexity index is 390. The summed E-state index contributed by atoms with van der Waals surface area (Å²) < 4.78 is 0. The number of likely N-dealkylation sites (N-methyl/N-ethyl adjacent to an activating group) is 1. The molecule has 0 spiro atoms. The molecule has 1 aromatic rings. The van der Waals surface area contributed by atoms with Crippen LogP contribution >= 0.6 is 0 Å². The molecule has 0 amide bonds. The third kappa shape index (κ3) is 3.93. The number of hydrogen-bond acceptors (Lipinski definition) is 4. The Morgan fingerprint density at radius 2 is 2.15 bits per heavy atom. The highest BCUT2D eigenvalue weighted by atomic mass is 15.3. The van der Waals surface area contributed by atoms with Gasteiger partial charge in [-0.1, -0.05) is 19.9 Å². The third-order valence-electron chi connectivity index (χ3n) is 4.14. The molecule has 112 valence electrons. The molecule has 20 heavy (non-hydrogen) atoms. The maximum Gasteiger partial charge on any atom is 0.128 e. The molecule has 0 radical (unpaired) electrons. The van der Waals surface area contributed by atoms with Gasteiger partial charge in [-0.25, -0.2) is 4.98 Å². The van der Waals surface area contributed by atoms with E-state index >= 15 is 0 Å². The van der Waals surface area contributed by atoms with E-state index in [9.17, 15) is 0 Å². The molecule has 1 aromatic heterocycles. The predicted molar refractivity (Wildman–Crippen MR) is 85.2 cm³/mol. The summed E-state index contributed by atoms with van der Waals surface area (Å²) >= 11 is 0. The molecule has 0 aromatic carbocycles. The molecule has 4 heteroatoms. The highest BCUT2D eigenvalue weighted by molar-refractivity contribution is 5.40. The lowest BCUT2D eigenvalue weighted by atomic mass is 10.1.